The smallest absolute Gasteiger partial charge is 0.295 e. The van der Waals surface area contributed by atoms with E-state index in [9.17, 15) is 13.6 Å². The first-order valence-electron chi connectivity index (χ1n) is 10.4. The van der Waals surface area contributed by atoms with Crippen molar-refractivity contribution in [1.29, 1.82) is 0 Å². The van der Waals surface area contributed by atoms with E-state index in [2.05, 4.69) is 15.3 Å². The molecule has 164 valence electrons. The summed E-state index contributed by atoms with van der Waals surface area (Å²) in [5.41, 5.74) is 1.37. The van der Waals surface area contributed by atoms with E-state index in [4.69, 9.17) is 9.47 Å². The molecule has 0 radical (unpaired) electrons. The van der Waals surface area contributed by atoms with E-state index in [-0.39, 0.29) is 24.0 Å². The second-order valence-corrected chi connectivity index (χ2v) is 7.30. The summed E-state index contributed by atoms with van der Waals surface area (Å²) in [6.07, 6.45) is 2.01. The molecule has 0 unspecified atom stereocenters. The van der Waals surface area contributed by atoms with Gasteiger partial charge in [0.1, 0.15) is 5.52 Å². The Morgan fingerprint density at radius 3 is 2.84 bits per heavy atom. The largest absolute Gasteiger partial charge is 0.380 e. The third-order valence-corrected chi connectivity index (χ3v) is 5.19. The van der Waals surface area contributed by atoms with Crippen LogP contribution >= 0.6 is 0 Å². The molecule has 1 aliphatic heterocycles. The molecule has 0 amide bonds. The first-order chi connectivity index (χ1) is 15.1. The van der Waals surface area contributed by atoms with Crippen LogP contribution in [0.4, 0.5) is 14.6 Å². The van der Waals surface area contributed by atoms with Gasteiger partial charge in [-0.3, -0.25) is 9.36 Å². The zero-order valence-corrected chi connectivity index (χ0v) is 17.2. The monoisotopic (exact) mass is 430 g/mol. The summed E-state index contributed by atoms with van der Waals surface area (Å²) in [7, 11) is 0. The molecule has 4 rings (SSSR count). The molecule has 1 N–H and O–H groups in total. The van der Waals surface area contributed by atoms with Crippen LogP contribution in [0.1, 0.15) is 19.8 Å². The van der Waals surface area contributed by atoms with Crippen molar-refractivity contribution in [3.05, 3.63) is 52.3 Å². The Morgan fingerprint density at radius 1 is 1.23 bits per heavy atom. The van der Waals surface area contributed by atoms with Crippen LogP contribution in [0, 0.1) is 11.6 Å². The number of ether oxygens (including phenoxy) is 2. The van der Waals surface area contributed by atoms with Crippen LogP contribution in [0.3, 0.4) is 0 Å². The second kappa shape index (κ2) is 9.49. The summed E-state index contributed by atoms with van der Waals surface area (Å²) in [5, 5.41) is 3.11. The van der Waals surface area contributed by atoms with Crippen LogP contribution < -0.4 is 10.9 Å². The number of rotatable bonds is 8. The third kappa shape index (κ3) is 4.72. The fraction of sp³-hybridized carbons (Fsp3) is 0.409. The number of pyridine rings is 1. The lowest BCUT2D eigenvalue weighted by molar-refractivity contribution is 0.120. The second-order valence-electron chi connectivity index (χ2n) is 7.30. The molecule has 0 saturated carbocycles. The summed E-state index contributed by atoms with van der Waals surface area (Å²) in [4.78, 5) is 22.1. The zero-order chi connectivity index (χ0) is 21.8. The highest BCUT2D eigenvalue weighted by atomic mass is 19.2. The number of hydrogen-bond donors (Lipinski definition) is 1. The molecule has 31 heavy (non-hydrogen) atoms. The van der Waals surface area contributed by atoms with Gasteiger partial charge in [-0.05, 0) is 50.1 Å². The third-order valence-electron chi connectivity index (χ3n) is 5.19. The van der Waals surface area contributed by atoms with Gasteiger partial charge in [-0.1, -0.05) is 0 Å². The number of hydrogen-bond acceptors (Lipinski definition) is 6. The van der Waals surface area contributed by atoms with Gasteiger partial charge >= 0.3 is 0 Å². The summed E-state index contributed by atoms with van der Waals surface area (Å²) in [6.45, 7) is 4.25. The van der Waals surface area contributed by atoms with Crippen molar-refractivity contribution in [2.75, 3.05) is 31.7 Å². The van der Waals surface area contributed by atoms with E-state index in [1.54, 1.807) is 12.1 Å². The van der Waals surface area contributed by atoms with E-state index in [0.29, 0.717) is 42.2 Å². The minimum Gasteiger partial charge on any atom is -0.380 e. The van der Waals surface area contributed by atoms with Crippen LogP contribution in [0.2, 0.25) is 0 Å². The van der Waals surface area contributed by atoms with E-state index < -0.39 is 11.6 Å². The Hall–Kier alpha value is -2.91. The van der Waals surface area contributed by atoms with Gasteiger partial charge in [0.05, 0.1) is 24.9 Å². The minimum atomic E-state index is -0.958. The van der Waals surface area contributed by atoms with Gasteiger partial charge in [-0.25, -0.2) is 18.7 Å². The van der Waals surface area contributed by atoms with Crippen molar-refractivity contribution in [3.8, 4) is 11.3 Å². The number of anilines is 1. The van der Waals surface area contributed by atoms with Gasteiger partial charge in [0.15, 0.2) is 23.1 Å². The van der Waals surface area contributed by atoms with Crippen molar-refractivity contribution in [2.45, 2.75) is 32.4 Å². The van der Waals surface area contributed by atoms with E-state index >= 15 is 0 Å². The molecule has 3 aromatic rings. The number of nitrogens with zero attached hydrogens (tertiary/aromatic N) is 3. The standard InChI is InChI=1S/C22H24F2N4O3/c1-2-30-11-9-28-21-19(26-20(22(28)29)25-13-15-4-3-10-31-15)8-7-18(27-21)14-5-6-16(23)17(24)12-14/h5-8,12,15H,2-4,9-11,13H2,1H3,(H,25,26)/t15-/m0/s1. The van der Waals surface area contributed by atoms with Gasteiger partial charge in [-0.15, -0.1) is 0 Å². The minimum absolute atomic E-state index is 0.0580. The Kier molecular flexibility index (Phi) is 6.53. The van der Waals surface area contributed by atoms with Crippen LogP contribution in [0.5, 0.6) is 0 Å². The van der Waals surface area contributed by atoms with Gasteiger partial charge in [0.25, 0.3) is 5.56 Å². The molecule has 1 aliphatic rings. The Balaban J connectivity index is 1.73. The van der Waals surface area contributed by atoms with Crippen molar-refractivity contribution in [1.82, 2.24) is 14.5 Å². The average molecular weight is 430 g/mol. The van der Waals surface area contributed by atoms with E-state index in [1.807, 2.05) is 6.92 Å². The highest BCUT2D eigenvalue weighted by Crippen LogP contribution is 2.22. The van der Waals surface area contributed by atoms with Gasteiger partial charge in [0.2, 0.25) is 0 Å². The molecule has 1 fully saturated rings. The molecule has 0 spiro atoms. The number of aromatic nitrogens is 3. The normalized spacial score (nSPS) is 16.2. The van der Waals surface area contributed by atoms with Crippen molar-refractivity contribution < 1.29 is 18.3 Å². The maximum atomic E-state index is 13.7. The Morgan fingerprint density at radius 2 is 2.10 bits per heavy atom. The molecule has 3 heterocycles. The number of nitrogens with one attached hydrogen (secondary N) is 1. The fourth-order valence-electron chi connectivity index (χ4n) is 3.57. The molecule has 7 nitrogen and oxygen atoms in total. The number of benzene rings is 1. The highest BCUT2D eigenvalue weighted by molar-refractivity contribution is 5.76. The predicted octanol–water partition coefficient (Wildman–Crippen LogP) is 3.36. The highest BCUT2D eigenvalue weighted by Gasteiger charge is 2.18. The quantitative estimate of drug-likeness (QED) is 0.552. The SMILES string of the molecule is CCOCCn1c(=O)c(NC[C@@H]2CCCO2)nc2ccc(-c3ccc(F)c(F)c3)nc21. The molecule has 2 aromatic heterocycles. The maximum Gasteiger partial charge on any atom is 0.295 e. The molecule has 0 bridgehead atoms. The van der Waals surface area contributed by atoms with Crippen LogP contribution in [-0.4, -0.2) is 47.0 Å². The van der Waals surface area contributed by atoms with Crippen molar-refractivity contribution >= 4 is 17.0 Å². The van der Waals surface area contributed by atoms with Crippen LogP contribution in [0.15, 0.2) is 35.1 Å². The molecule has 0 aliphatic carbocycles. The lowest BCUT2D eigenvalue weighted by atomic mass is 10.1. The van der Waals surface area contributed by atoms with Gasteiger partial charge in [-0.2, -0.15) is 0 Å². The van der Waals surface area contributed by atoms with Crippen LogP contribution in [-0.2, 0) is 16.0 Å². The number of fused-ring (bicyclic) bond motifs is 1. The summed E-state index contributed by atoms with van der Waals surface area (Å²) in [6, 6.07) is 6.96. The van der Waals surface area contributed by atoms with E-state index in [0.717, 1.165) is 31.6 Å². The predicted molar refractivity (Wildman–Crippen MR) is 113 cm³/mol. The van der Waals surface area contributed by atoms with Crippen molar-refractivity contribution in [2.24, 2.45) is 0 Å². The first kappa shape index (κ1) is 21.3. The molecular formula is C22H24F2N4O3. The van der Waals surface area contributed by atoms with Crippen molar-refractivity contribution in [3.63, 3.8) is 0 Å². The summed E-state index contributed by atoms with van der Waals surface area (Å²) < 4.78 is 39.5. The first-order valence-corrected chi connectivity index (χ1v) is 10.4. The Bertz CT molecular complexity index is 1130. The van der Waals surface area contributed by atoms with Crippen LogP contribution in [0.25, 0.3) is 22.4 Å². The zero-order valence-electron chi connectivity index (χ0n) is 17.2. The number of halogens is 2. The van der Waals surface area contributed by atoms with Gasteiger partial charge in [0, 0.05) is 25.3 Å². The fourth-order valence-corrected chi connectivity index (χ4v) is 3.57. The summed E-state index contributed by atoms with van der Waals surface area (Å²) >= 11 is 0. The Labute approximate surface area is 178 Å². The molecular weight excluding hydrogens is 406 g/mol. The maximum absolute atomic E-state index is 13.7. The van der Waals surface area contributed by atoms with E-state index in [1.165, 1.54) is 10.6 Å². The summed E-state index contributed by atoms with van der Waals surface area (Å²) in [5.74, 6) is -1.66. The lowest BCUT2D eigenvalue weighted by Crippen LogP contribution is -2.30. The molecule has 9 heteroatoms. The molecule has 1 saturated heterocycles. The topological polar surface area (TPSA) is 78.3 Å². The molecule has 1 atom stereocenters. The van der Waals surface area contributed by atoms with Gasteiger partial charge < -0.3 is 14.8 Å². The molecule has 1 aromatic carbocycles. The lowest BCUT2D eigenvalue weighted by Gasteiger charge is -2.15. The average Bonchev–Trinajstić information content (AvgIpc) is 3.29.